The monoisotopic (exact) mass is 370 g/mol. The predicted molar refractivity (Wildman–Crippen MR) is 101 cm³/mol. The molecule has 2 aliphatic heterocycles. The summed E-state index contributed by atoms with van der Waals surface area (Å²) < 4.78 is 5.24. The van der Waals surface area contributed by atoms with Gasteiger partial charge in [0.25, 0.3) is 0 Å². The summed E-state index contributed by atoms with van der Waals surface area (Å²) in [5.41, 5.74) is 8.62. The lowest BCUT2D eigenvalue weighted by atomic mass is 9.77. The average Bonchev–Trinajstić information content (AvgIpc) is 3.08. The van der Waals surface area contributed by atoms with Gasteiger partial charge in [-0.15, -0.1) is 0 Å². The van der Waals surface area contributed by atoms with Crippen LogP contribution in [0.25, 0.3) is 0 Å². The molecule has 8 nitrogen and oxygen atoms in total. The molecular formula is C19H26N6O2. The number of nitrogen functional groups attached to an aromatic ring is 1. The normalized spacial score (nSPS) is 19.3. The molecule has 2 N–H and O–H groups in total. The Balaban J connectivity index is 1.43. The van der Waals surface area contributed by atoms with Gasteiger partial charge in [0.15, 0.2) is 0 Å². The summed E-state index contributed by atoms with van der Waals surface area (Å²) >= 11 is 0. The molecule has 0 saturated carbocycles. The van der Waals surface area contributed by atoms with Gasteiger partial charge < -0.3 is 20.1 Å². The van der Waals surface area contributed by atoms with E-state index in [1.54, 1.807) is 0 Å². The number of nitrogens with zero attached hydrogens (tertiary/aromatic N) is 5. The highest BCUT2D eigenvalue weighted by atomic mass is 16.5. The number of carbonyl (C=O) groups excluding carboxylic acids is 1. The highest BCUT2D eigenvalue weighted by Gasteiger charge is 2.45. The zero-order valence-corrected chi connectivity index (χ0v) is 16.2. The van der Waals surface area contributed by atoms with Crippen LogP contribution < -0.4 is 10.6 Å². The van der Waals surface area contributed by atoms with Crippen molar-refractivity contribution in [2.45, 2.75) is 46.6 Å². The van der Waals surface area contributed by atoms with Crippen LogP contribution in [-0.2, 0) is 11.3 Å². The highest BCUT2D eigenvalue weighted by molar-refractivity contribution is 5.79. The van der Waals surface area contributed by atoms with Crippen LogP contribution >= 0.6 is 0 Å². The number of aromatic nitrogens is 3. The fourth-order valence-corrected chi connectivity index (χ4v) is 4.33. The van der Waals surface area contributed by atoms with E-state index in [0.29, 0.717) is 18.9 Å². The second-order valence-electron chi connectivity index (χ2n) is 7.94. The highest BCUT2D eigenvalue weighted by Crippen LogP contribution is 2.42. The van der Waals surface area contributed by atoms with Gasteiger partial charge in [0.2, 0.25) is 11.9 Å². The van der Waals surface area contributed by atoms with Crippen LogP contribution in [-0.4, -0.2) is 45.6 Å². The first-order valence-electron chi connectivity index (χ1n) is 9.41. The van der Waals surface area contributed by atoms with E-state index in [2.05, 4.69) is 20.0 Å². The number of hydrogen-bond donors (Lipinski definition) is 1. The molecule has 4 rings (SSSR count). The maximum atomic E-state index is 12.7. The molecule has 0 atom stereocenters. The van der Waals surface area contributed by atoms with Crippen LogP contribution in [0.4, 0.5) is 11.8 Å². The van der Waals surface area contributed by atoms with Gasteiger partial charge in [-0.2, -0.15) is 4.98 Å². The number of anilines is 2. The predicted octanol–water partition coefficient (Wildman–Crippen LogP) is 1.99. The van der Waals surface area contributed by atoms with E-state index in [1.807, 2.05) is 31.7 Å². The van der Waals surface area contributed by atoms with E-state index in [0.717, 1.165) is 61.0 Å². The van der Waals surface area contributed by atoms with Gasteiger partial charge in [0.1, 0.15) is 11.6 Å². The molecule has 2 fully saturated rings. The first-order valence-corrected chi connectivity index (χ1v) is 9.41. The summed E-state index contributed by atoms with van der Waals surface area (Å²) in [5.74, 6) is 2.22. The fraction of sp³-hybridized carbons (Fsp3) is 0.579. The van der Waals surface area contributed by atoms with E-state index < -0.39 is 0 Å². The average molecular weight is 370 g/mol. The van der Waals surface area contributed by atoms with E-state index in [1.165, 1.54) is 0 Å². The minimum Gasteiger partial charge on any atom is -0.368 e. The van der Waals surface area contributed by atoms with E-state index in [9.17, 15) is 4.79 Å². The Morgan fingerprint density at radius 3 is 2.59 bits per heavy atom. The van der Waals surface area contributed by atoms with E-state index in [-0.39, 0.29) is 11.3 Å². The van der Waals surface area contributed by atoms with Gasteiger partial charge in [-0.05, 0) is 33.6 Å². The molecule has 4 heterocycles. The van der Waals surface area contributed by atoms with Gasteiger partial charge >= 0.3 is 0 Å². The van der Waals surface area contributed by atoms with Crippen LogP contribution in [0.5, 0.6) is 0 Å². The van der Waals surface area contributed by atoms with Gasteiger partial charge in [-0.25, -0.2) is 4.98 Å². The van der Waals surface area contributed by atoms with Crippen LogP contribution in [0.1, 0.15) is 42.0 Å². The molecule has 2 aliphatic rings. The maximum absolute atomic E-state index is 12.7. The maximum Gasteiger partial charge on any atom is 0.223 e. The first kappa shape index (κ1) is 17.8. The lowest BCUT2D eigenvalue weighted by Crippen LogP contribution is -2.42. The minimum atomic E-state index is 0.0557. The Morgan fingerprint density at radius 2 is 1.96 bits per heavy atom. The minimum absolute atomic E-state index is 0.0557. The molecule has 27 heavy (non-hydrogen) atoms. The third-order valence-corrected chi connectivity index (χ3v) is 5.94. The van der Waals surface area contributed by atoms with Crippen molar-refractivity contribution in [1.82, 2.24) is 20.0 Å². The molecule has 1 spiro atoms. The lowest BCUT2D eigenvalue weighted by Gasteiger charge is -2.39. The van der Waals surface area contributed by atoms with Crippen molar-refractivity contribution >= 4 is 17.7 Å². The third-order valence-electron chi connectivity index (χ3n) is 5.94. The molecule has 2 aromatic rings. The second-order valence-corrected chi connectivity index (χ2v) is 7.94. The Morgan fingerprint density at radius 1 is 1.22 bits per heavy atom. The second kappa shape index (κ2) is 6.51. The van der Waals surface area contributed by atoms with Gasteiger partial charge in [-0.1, -0.05) is 5.16 Å². The lowest BCUT2D eigenvalue weighted by molar-refractivity contribution is -0.128. The summed E-state index contributed by atoms with van der Waals surface area (Å²) in [4.78, 5) is 25.4. The van der Waals surface area contributed by atoms with E-state index in [4.69, 9.17) is 10.3 Å². The number of amides is 1. The van der Waals surface area contributed by atoms with Gasteiger partial charge in [0, 0.05) is 48.8 Å². The van der Waals surface area contributed by atoms with E-state index >= 15 is 0 Å². The molecule has 0 radical (unpaired) electrons. The van der Waals surface area contributed by atoms with Crippen molar-refractivity contribution < 1.29 is 9.32 Å². The molecule has 2 aromatic heterocycles. The third kappa shape index (κ3) is 3.36. The SMILES string of the molecule is Cc1cc(N2CCC3(CC2)CC(=O)N(Cc2c(C)noc2C)C3)nc(N)n1. The van der Waals surface area contributed by atoms with Crippen molar-refractivity contribution in [2.75, 3.05) is 30.3 Å². The first-order chi connectivity index (χ1) is 12.8. The summed E-state index contributed by atoms with van der Waals surface area (Å²) in [7, 11) is 0. The van der Waals surface area contributed by atoms with Crippen molar-refractivity contribution in [3.63, 3.8) is 0 Å². The topological polar surface area (TPSA) is 101 Å². The number of nitrogens with two attached hydrogens (primary N) is 1. The number of hydrogen-bond acceptors (Lipinski definition) is 7. The Hall–Kier alpha value is -2.64. The molecule has 0 aliphatic carbocycles. The number of rotatable bonds is 3. The summed E-state index contributed by atoms with van der Waals surface area (Å²) in [6, 6.07) is 1.97. The molecule has 0 unspecified atom stereocenters. The molecule has 0 bridgehead atoms. The zero-order chi connectivity index (χ0) is 19.2. The molecular weight excluding hydrogens is 344 g/mol. The fourth-order valence-electron chi connectivity index (χ4n) is 4.33. The Kier molecular flexibility index (Phi) is 4.28. The van der Waals surface area contributed by atoms with Crippen LogP contribution in [0.2, 0.25) is 0 Å². The molecule has 8 heteroatoms. The molecule has 0 aromatic carbocycles. The van der Waals surface area contributed by atoms with Crippen molar-refractivity contribution in [3.8, 4) is 0 Å². The Bertz CT molecular complexity index is 829. The molecule has 1 amide bonds. The number of piperidine rings is 1. The van der Waals surface area contributed by atoms with Crippen LogP contribution in [0.15, 0.2) is 10.6 Å². The smallest absolute Gasteiger partial charge is 0.223 e. The van der Waals surface area contributed by atoms with Crippen molar-refractivity contribution in [1.29, 1.82) is 0 Å². The quantitative estimate of drug-likeness (QED) is 0.881. The number of likely N-dealkylation sites (tertiary alicyclic amines) is 1. The van der Waals surface area contributed by atoms with Gasteiger partial charge in [-0.3, -0.25) is 4.79 Å². The zero-order valence-electron chi connectivity index (χ0n) is 16.2. The van der Waals surface area contributed by atoms with Gasteiger partial charge in [0.05, 0.1) is 12.2 Å². The summed E-state index contributed by atoms with van der Waals surface area (Å²) in [6.45, 7) is 8.90. The largest absolute Gasteiger partial charge is 0.368 e. The summed E-state index contributed by atoms with van der Waals surface area (Å²) in [5, 5.41) is 4.00. The molecule has 144 valence electrons. The van der Waals surface area contributed by atoms with Crippen molar-refractivity contribution in [3.05, 3.63) is 28.8 Å². The number of aryl methyl sites for hydroxylation is 3. The number of carbonyl (C=O) groups is 1. The molecule has 2 saturated heterocycles. The van der Waals surface area contributed by atoms with Crippen LogP contribution in [0.3, 0.4) is 0 Å². The van der Waals surface area contributed by atoms with Crippen LogP contribution in [0, 0.1) is 26.2 Å². The summed E-state index contributed by atoms with van der Waals surface area (Å²) in [6.07, 6.45) is 2.56. The Labute approximate surface area is 158 Å². The standard InChI is InChI=1S/C19H26N6O2/c1-12-8-16(22-18(20)21-12)24-6-4-19(5-7-24)9-17(26)25(11-19)10-15-13(2)23-27-14(15)3/h8H,4-7,9-11H2,1-3H3,(H2,20,21,22). The van der Waals surface area contributed by atoms with Crippen molar-refractivity contribution in [2.24, 2.45) is 5.41 Å².